The van der Waals surface area contributed by atoms with Crippen molar-refractivity contribution in [1.82, 2.24) is 0 Å². The molecule has 2 aromatic rings. The monoisotopic (exact) mass is 239 g/mol. The third-order valence-corrected chi connectivity index (χ3v) is 3.10. The number of rotatable bonds is 0. The summed E-state index contributed by atoms with van der Waals surface area (Å²) in [6.07, 6.45) is 0. The van der Waals surface area contributed by atoms with Crippen LogP contribution in [0.4, 0.5) is 5.69 Å². The van der Waals surface area contributed by atoms with Crippen LogP contribution in [0.5, 0.6) is 5.75 Å². The molecule has 0 aliphatic heterocycles. The summed E-state index contributed by atoms with van der Waals surface area (Å²) in [6, 6.07) is 9.45. The Morgan fingerprint density at radius 1 is 0.833 bits per heavy atom. The molecule has 0 heterocycles. The number of phenols is 1. The van der Waals surface area contributed by atoms with Crippen molar-refractivity contribution < 1.29 is 14.7 Å². The van der Waals surface area contributed by atoms with Gasteiger partial charge in [0.2, 0.25) is 0 Å². The fraction of sp³-hybridized carbons (Fsp3) is 0. The largest absolute Gasteiger partial charge is 0.505 e. The number of hydrogen-bond acceptors (Lipinski definition) is 4. The highest BCUT2D eigenvalue weighted by Crippen LogP contribution is 2.35. The van der Waals surface area contributed by atoms with E-state index in [0.717, 1.165) is 0 Å². The summed E-state index contributed by atoms with van der Waals surface area (Å²) >= 11 is 0. The second kappa shape index (κ2) is 3.43. The summed E-state index contributed by atoms with van der Waals surface area (Å²) < 4.78 is 0. The summed E-state index contributed by atoms with van der Waals surface area (Å²) in [5, 5.41) is 9.86. The number of carbonyl (C=O) groups excluding carboxylic acids is 2. The molecule has 3 rings (SSSR count). The van der Waals surface area contributed by atoms with Gasteiger partial charge in [0.25, 0.3) is 0 Å². The highest BCUT2D eigenvalue weighted by atomic mass is 16.3. The standard InChI is InChI=1S/C14H9NO3/c15-10-6-5-9-11(14(10)18)13(17)8-4-2-1-3-7(8)12(9)16/h1-6,18H,15H2. The molecule has 4 heteroatoms. The van der Waals surface area contributed by atoms with E-state index in [1.54, 1.807) is 24.3 Å². The first kappa shape index (κ1) is 10.5. The van der Waals surface area contributed by atoms with Gasteiger partial charge in [-0.2, -0.15) is 0 Å². The number of nitrogen functional groups attached to an aromatic ring is 1. The Morgan fingerprint density at radius 2 is 1.44 bits per heavy atom. The van der Waals surface area contributed by atoms with E-state index >= 15 is 0 Å². The van der Waals surface area contributed by atoms with Gasteiger partial charge in [-0.3, -0.25) is 9.59 Å². The van der Waals surface area contributed by atoms with Crippen molar-refractivity contribution >= 4 is 17.3 Å². The van der Waals surface area contributed by atoms with Gasteiger partial charge in [0.15, 0.2) is 11.6 Å². The van der Waals surface area contributed by atoms with Crippen LogP contribution in [-0.4, -0.2) is 16.7 Å². The molecule has 4 nitrogen and oxygen atoms in total. The van der Waals surface area contributed by atoms with Crippen LogP contribution in [0.15, 0.2) is 36.4 Å². The molecule has 18 heavy (non-hydrogen) atoms. The molecule has 0 bridgehead atoms. The summed E-state index contributed by atoms with van der Waals surface area (Å²) in [5.74, 6) is -0.958. The van der Waals surface area contributed by atoms with E-state index in [9.17, 15) is 14.7 Å². The fourth-order valence-corrected chi connectivity index (χ4v) is 2.19. The number of anilines is 1. The molecular weight excluding hydrogens is 230 g/mol. The Bertz CT molecular complexity index is 704. The van der Waals surface area contributed by atoms with Crippen LogP contribution in [0.3, 0.4) is 0 Å². The van der Waals surface area contributed by atoms with Gasteiger partial charge in [-0.1, -0.05) is 24.3 Å². The Balaban J connectivity index is 2.38. The first-order valence-electron chi connectivity index (χ1n) is 5.41. The number of phenolic OH excluding ortho intramolecular Hbond substituents is 1. The minimum atomic E-state index is -0.370. The Kier molecular flexibility index (Phi) is 2.01. The zero-order valence-electron chi connectivity index (χ0n) is 9.31. The normalized spacial score (nSPS) is 13.1. The summed E-state index contributed by atoms with van der Waals surface area (Å²) in [5.41, 5.74) is 6.51. The highest BCUT2D eigenvalue weighted by molar-refractivity contribution is 6.29. The number of fused-ring (bicyclic) bond motifs is 2. The lowest BCUT2D eigenvalue weighted by Crippen LogP contribution is -2.21. The highest BCUT2D eigenvalue weighted by Gasteiger charge is 2.32. The predicted molar refractivity (Wildman–Crippen MR) is 65.8 cm³/mol. The van der Waals surface area contributed by atoms with Gasteiger partial charge < -0.3 is 10.8 Å². The molecule has 0 radical (unpaired) electrons. The molecule has 0 amide bonds. The fourth-order valence-electron chi connectivity index (χ4n) is 2.19. The number of nitrogens with two attached hydrogens (primary N) is 1. The van der Waals surface area contributed by atoms with Gasteiger partial charge in [-0.25, -0.2) is 0 Å². The van der Waals surface area contributed by atoms with Gasteiger partial charge in [0.1, 0.15) is 5.75 Å². The van der Waals surface area contributed by atoms with Crippen molar-refractivity contribution in [3.05, 3.63) is 58.7 Å². The molecular formula is C14H9NO3. The first-order valence-corrected chi connectivity index (χ1v) is 5.41. The average Bonchev–Trinajstić information content (AvgIpc) is 2.39. The molecule has 3 N–H and O–H groups in total. The van der Waals surface area contributed by atoms with Gasteiger partial charge in [0, 0.05) is 16.7 Å². The van der Waals surface area contributed by atoms with Crippen LogP contribution < -0.4 is 5.73 Å². The van der Waals surface area contributed by atoms with E-state index in [-0.39, 0.29) is 34.1 Å². The first-order chi connectivity index (χ1) is 8.61. The zero-order chi connectivity index (χ0) is 12.9. The lowest BCUT2D eigenvalue weighted by molar-refractivity contribution is 0.0977. The Labute approximate surface area is 103 Å². The van der Waals surface area contributed by atoms with Crippen LogP contribution in [0.25, 0.3) is 0 Å². The van der Waals surface area contributed by atoms with E-state index in [4.69, 9.17) is 5.73 Å². The second-order valence-corrected chi connectivity index (χ2v) is 4.13. The Hall–Kier alpha value is -2.62. The number of aromatic hydroxyl groups is 1. The quantitative estimate of drug-likeness (QED) is 0.462. The number of benzene rings is 2. The molecule has 88 valence electrons. The van der Waals surface area contributed by atoms with Crippen LogP contribution in [0, 0.1) is 0 Å². The van der Waals surface area contributed by atoms with Crippen molar-refractivity contribution in [2.45, 2.75) is 0 Å². The van der Waals surface area contributed by atoms with E-state index in [2.05, 4.69) is 0 Å². The Morgan fingerprint density at radius 3 is 2.11 bits per heavy atom. The van der Waals surface area contributed by atoms with Crippen molar-refractivity contribution in [3.8, 4) is 5.75 Å². The molecule has 0 unspecified atom stereocenters. The van der Waals surface area contributed by atoms with Crippen LogP contribution in [0.1, 0.15) is 31.8 Å². The van der Waals surface area contributed by atoms with E-state index < -0.39 is 0 Å². The molecule has 1 aliphatic carbocycles. The summed E-state index contributed by atoms with van der Waals surface area (Å²) in [6.45, 7) is 0. The summed E-state index contributed by atoms with van der Waals surface area (Å²) in [4.78, 5) is 24.5. The lowest BCUT2D eigenvalue weighted by Gasteiger charge is -2.18. The molecule has 1 aliphatic rings. The topological polar surface area (TPSA) is 80.4 Å². The second-order valence-electron chi connectivity index (χ2n) is 4.13. The van der Waals surface area contributed by atoms with Gasteiger partial charge in [-0.05, 0) is 12.1 Å². The van der Waals surface area contributed by atoms with Crippen molar-refractivity contribution in [2.24, 2.45) is 0 Å². The van der Waals surface area contributed by atoms with Crippen LogP contribution >= 0.6 is 0 Å². The SMILES string of the molecule is Nc1ccc2c(c1O)C(=O)c1ccccc1C2=O. The maximum absolute atomic E-state index is 12.3. The van der Waals surface area contributed by atoms with Crippen molar-refractivity contribution in [3.63, 3.8) is 0 Å². The van der Waals surface area contributed by atoms with Crippen LogP contribution in [-0.2, 0) is 0 Å². The zero-order valence-corrected chi connectivity index (χ0v) is 9.31. The molecule has 0 saturated heterocycles. The van der Waals surface area contributed by atoms with Crippen molar-refractivity contribution in [1.29, 1.82) is 0 Å². The van der Waals surface area contributed by atoms with Crippen molar-refractivity contribution in [2.75, 3.05) is 5.73 Å². The third kappa shape index (κ3) is 1.20. The minimum absolute atomic E-state index is 0.00120. The lowest BCUT2D eigenvalue weighted by atomic mass is 9.83. The summed E-state index contributed by atoms with van der Waals surface area (Å²) in [7, 11) is 0. The van der Waals surface area contributed by atoms with Gasteiger partial charge in [0.05, 0.1) is 11.3 Å². The molecule has 2 aromatic carbocycles. The van der Waals surface area contributed by atoms with E-state index in [1.807, 2.05) is 0 Å². The number of carbonyl (C=O) groups is 2. The minimum Gasteiger partial charge on any atom is -0.505 e. The molecule has 0 aromatic heterocycles. The number of hydrogen-bond donors (Lipinski definition) is 2. The molecule has 0 spiro atoms. The van der Waals surface area contributed by atoms with Gasteiger partial charge >= 0.3 is 0 Å². The maximum atomic E-state index is 12.3. The maximum Gasteiger partial charge on any atom is 0.198 e. The molecule has 0 fully saturated rings. The van der Waals surface area contributed by atoms with E-state index in [0.29, 0.717) is 11.1 Å². The molecule has 0 saturated carbocycles. The average molecular weight is 239 g/mol. The number of ketones is 2. The third-order valence-electron chi connectivity index (χ3n) is 3.10. The predicted octanol–water partition coefficient (Wildman–Crippen LogP) is 1.75. The molecule has 0 atom stereocenters. The van der Waals surface area contributed by atoms with Crippen LogP contribution in [0.2, 0.25) is 0 Å². The smallest absolute Gasteiger partial charge is 0.198 e. The van der Waals surface area contributed by atoms with E-state index in [1.165, 1.54) is 12.1 Å². The van der Waals surface area contributed by atoms with Gasteiger partial charge in [-0.15, -0.1) is 0 Å².